The third kappa shape index (κ3) is 4.06. The highest BCUT2D eigenvalue weighted by atomic mass is 32.1. The molecular weight excluding hydrogens is 296 g/mol. The second-order valence-electron chi connectivity index (χ2n) is 6.44. The molecule has 1 unspecified atom stereocenters. The lowest BCUT2D eigenvalue weighted by Gasteiger charge is -2.34. The number of piperidine rings is 1. The Hall–Kier alpha value is -0.980. The highest BCUT2D eigenvalue weighted by Gasteiger charge is 2.24. The number of nitrogens with zero attached hydrogens (tertiary/aromatic N) is 4. The predicted octanol–water partition coefficient (Wildman–Crippen LogP) is 1.49. The van der Waals surface area contributed by atoms with Gasteiger partial charge in [0.25, 0.3) is 0 Å². The van der Waals surface area contributed by atoms with Gasteiger partial charge >= 0.3 is 0 Å². The van der Waals surface area contributed by atoms with Gasteiger partial charge in [0, 0.05) is 63.2 Å². The normalized spacial score (nSPS) is 24.6. The van der Waals surface area contributed by atoms with Crippen LogP contribution in [0.1, 0.15) is 30.2 Å². The number of hydrogen-bond acceptors (Lipinski definition) is 5. The largest absolute Gasteiger partial charge is 0.340 e. The molecule has 0 saturated carbocycles. The number of carbonyl (C=O) groups is 1. The topological polar surface area (TPSA) is 39.7 Å². The van der Waals surface area contributed by atoms with Crippen molar-refractivity contribution in [1.29, 1.82) is 0 Å². The molecule has 2 fully saturated rings. The summed E-state index contributed by atoms with van der Waals surface area (Å²) in [6, 6.07) is 0. The monoisotopic (exact) mass is 322 g/mol. The number of piperazine rings is 1. The highest BCUT2D eigenvalue weighted by molar-refractivity contribution is 7.09. The molecule has 0 spiro atoms. The van der Waals surface area contributed by atoms with Gasteiger partial charge in [-0.05, 0) is 26.4 Å². The second-order valence-corrected chi connectivity index (χ2v) is 7.37. The molecule has 22 heavy (non-hydrogen) atoms. The van der Waals surface area contributed by atoms with Crippen LogP contribution in [0, 0.1) is 0 Å². The molecule has 5 nitrogen and oxygen atoms in total. The van der Waals surface area contributed by atoms with Crippen molar-refractivity contribution < 1.29 is 4.79 Å². The van der Waals surface area contributed by atoms with Crippen LogP contribution in [-0.4, -0.2) is 78.5 Å². The van der Waals surface area contributed by atoms with Crippen LogP contribution in [0.4, 0.5) is 0 Å². The molecule has 1 aromatic heterocycles. The van der Waals surface area contributed by atoms with Crippen molar-refractivity contribution in [2.75, 3.05) is 52.9 Å². The van der Waals surface area contributed by atoms with Crippen LogP contribution in [-0.2, 0) is 4.79 Å². The summed E-state index contributed by atoms with van der Waals surface area (Å²) in [5.74, 6) is 0.886. The highest BCUT2D eigenvalue weighted by Crippen LogP contribution is 2.28. The fourth-order valence-corrected chi connectivity index (χ4v) is 4.13. The Balaban J connectivity index is 1.44. The SMILES string of the molecule is CN1CCN(C(=O)CCN2CCCC(c3nccs3)C2)CC1. The molecule has 3 heterocycles. The standard InChI is InChI=1S/C16H26N4OS/c1-18-8-10-20(11-9-18)15(21)4-7-19-6-2-3-14(13-19)16-17-5-12-22-16/h5,12,14H,2-4,6-11,13H2,1H3. The minimum absolute atomic E-state index is 0.324. The van der Waals surface area contributed by atoms with E-state index in [-0.39, 0.29) is 0 Å². The van der Waals surface area contributed by atoms with E-state index in [1.54, 1.807) is 11.3 Å². The number of likely N-dealkylation sites (tertiary alicyclic amines) is 1. The smallest absolute Gasteiger partial charge is 0.223 e. The molecular formula is C16H26N4OS. The van der Waals surface area contributed by atoms with E-state index >= 15 is 0 Å². The summed E-state index contributed by atoms with van der Waals surface area (Å²) in [4.78, 5) is 23.6. The fraction of sp³-hybridized carbons (Fsp3) is 0.750. The zero-order chi connectivity index (χ0) is 15.4. The molecule has 2 aliphatic heterocycles. The Kier molecular flexibility index (Phi) is 5.44. The summed E-state index contributed by atoms with van der Waals surface area (Å²) >= 11 is 1.76. The maximum atomic E-state index is 12.3. The zero-order valence-corrected chi connectivity index (χ0v) is 14.2. The first-order chi connectivity index (χ1) is 10.7. The van der Waals surface area contributed by atoms with Gasteiger partial charge in [0.1, 0.15) is 0 Å². The summed E-state index contributed by atoms with van der Waals surface area (Å²) in [5.41, 5.74) is 0. The van der Waals surface area contributed by atoms with Gasteiger partial charge in [0.2, 0.25) is 5.91 Å². The molecule has 2 saturated heterocycles. The Morgan fingerprint density at radius 2 is 2.14 bits per heavy atom. The first kappa shape index (κ1) is 15.9. The van der Waals surface area contributed by atoms with Gasteiger partial charge in [0.15, 0.2) is 0 Å². The lowest BCUT2D eigenvalue weighted by Crippen LogP contribution is -2.48. The minimum atomic E-state index is 0.324. The maximum Gasteiger partial charge on any atom is 0.223 e. The summed E-state index contributed by atoms with van der Waals surface area (Å²) in [5, 5.41) is 3.32. The summed E-state index contributed by atoms with van der Waals surface area (Å²) < 4.78 is 0. The lowest BCUT2D eigenvalue weighted by molar-refractivity contribution is -0.133. The van der Waals surface area contributed by atoms with E-state index in [9.17, 15) is 4.79 Å². The second kappa shape index (κ2) is 7.53. The molecule has 1 aromatic rings. The molecule has 2 aliphatic rings. The van der Waals surface area contributed by atoms with Crippen LogP contribution in [0.5, 0.6) is 0 Å². The van der Waals surface area contributed by atoms with Crippen molar-refractivity contribution in [2.24, 2.45) is 0 Å². The van der Waals surface area contributed by atoms with Crippen molar-refractivity contribution >= 4 is 17.2 Å². The average Bonchev–Trinajstić information content (AvgIpc) is 3.08. The fourth-order valence-electron chi connectivity index (χ4n) is 3.36. The van der Waals surface area contributed by atoms with Crippen LogP contribution in [0.25, 0.3) is 0 Å². The number of aromatic nitrogens is 1. The van der Waals surface area contributed by atoms with E-state index in [2.05, 4.69) is 27.2 Å². The van der Waals surface area contributed by atoms with Crippen LogP contribution in [0.2, 0.25) is 0 Å². The number of thiazole rings is 1. The Bertz CT molecular complexity index is 471. The van der Waals surface area contributed by atoms with Gasteiger partial charge in [-0.2, -0.15) is 0 Å². The van der Waals surface area contributed by atoms with Crippen LogP contribution < -0.4 is 0 Å². The number of likely N-dealkylation sites (N-methyl/N-ethyl adjacent to an activating group) is 1. The number of carbonyl (C=O) groups excluding carboxylic acids is 1. The molecule has 1 amide bonds. The Labute approximate surface area is 136 Å². The Morgan fingerprint density at radius 3 is 2.86 bits per heavy atom. The first-order valence-electron chi connectivity index (χ1n) is 8.30. The lowest BCUT2D eigenvalue weighted by atomic mass is 9.98. The van der Waals surface area contributed by atoms with Gasteiger partial charge in [-0.25, -0.2) is 4.98 Å². The van der Waals surface area contributed by atoms with E-state index in [0.717, 1.165) is 45.8 Å². The first-order valence-corrected chi connectivity index (χ1v) is 9.18. The number of hydrogen-bond donors (Lipinski definition) is 0. The van der Waals surface area contributed by atoms with E-state index in [1.165, 1.54) is 17.8 Å². The third-order valence-corrected chi connectivity index (χ3v) is 5.74. The molecule has 0 aromatic carbocycles. The van der Waals surface area contributed by atoms with E-state index in [0.29, 0.717) is 18.2 Å². The third-order valence-electron chi connectivity index (χ3n) is 4.80. The van der Waals surface area contributed by atoms with Gasteiger partial charge in [0.05, 0.1) is 5.01 Å². The van der Waals surface area contributed by atoms with E-state index < -0.39 is 0 Å². The molecule has 0 radical (unpaired) electrons. The molecule has 1 atom stereocenters. The van der Waals surface area contributed by atoms with Gasteiger partial charge in [-0.1, -0.05) is 0 Å². The van der Waals surface area contributed by atoms with Gasteiger partial charge in [-0.3, -0.25) is 4.79 Å². The molecule has 122 valence electrons. The van der Waals surface area contributed by atoms with Crippen LogP contribution >= 0.6 is 11.3 Å². The van der Waals surface area contributed by atoms with Gasteiger partial charge < -0.3 is 14.7 Å². The van der Waals surface area contributed by atoms with Gasteiger partial charge in [-0.15, -0.1) is 11.3 Å². The summed E-state index contributed by atoms with van der Waals surface area (Å²) in [7, 11) is 2.12. The maximum absolute atomic E-state index is 12.3. The van der Waals surface area contributed by atoms with Crippen LogP contribution in [0.15, 0.2) is 11.6 Å². The predicted molar refractivity (Wildman–Crippen MR) is 89.2 cm³/mol. The van der Waals surface area contributed by atoms with Crippen molar-refractivity contribution in [3.05, 3.63) is 16.6 Å². The van der Waals surface area contributed by atoms with E-state index in [4.69, 9.17) is 0 Å². The number of amides is 1. The van der Waals surface area contributed by atoms with Crippen molar-refractivity contribution in [3.63, 3.8) is 0 Å². The molecule has 0 N–H and O–H groups in total. The Morgan fingerprint density at radius 1 is 1.32 bits per heavy atom. The molecule has 0 aliphatic carbocycles. The molecule has 0 bridgehead atoms. The average molecular weight is 322 g/mol. The minimum Gasteiger partial charge on any atom is -0.340 e. The van der Waals surface area contributed by atoms with Crippen molar-refractivity contribution in [3.8, 4) is 0 Å². The molecule has 3 rings (SSSR count). The molecule has 6 heteroatoms. The van der Waals surface area contributed by atoms with Crippen molar-refractivity contribution in [1.82, 2.24) is 19.7 Å². The summed E-state index contributed by atoms with van der Waals surface area (Å²) in [6.07, 6.45) is 5.01. The summed E-state index contributed by atoms with van der Waals surface area (Å²) in [6.45, 7) is 6.85. The van der Waals surface area contributed by atoms with Crippen molar-refractivity contribution in [2.45, 2.75) is 25.2 Å². The van der Waals surface area contributed by atoms with E-state index in [1.807, 2.05) is 11.1 Å². The zero-order valence-electron chi connectivity index (χ0n) is 13.4. The number of rotatable bonds is 4. The quantitative estimate of drug-likeness (QED) is 0.842. The van der Waals surface area contributed by atoms with Crippen LogP contribution in [0.3, 0.4) is 0 Å².